The topological polar surface area (TPSA) is 9.72 Å². The Bertz CT molecular complexity index is 3330. The number of nitrogens with zero attached hydrogens (tertiary/aromatic N) is 3. The van der Waals surface area contributed by atoms with Crippen LogP contribution in [0.4, 0.5) is 51.2 Å². The molecule has 0 amide bonds. The number of anilines is 9. The number of para-hydroxylation sites is 3. The van der Waals surface area contributed by atoms with Crippen molar-refractivity contribution in [1.29, 1.82) is 0 Å². The minimum absolute atomic E-state index is 0.0195. The largest absolute Gasteiger partial charge is 0.311 e. The lowest BCUT2D eigenvalue weighted by molar-refractivity contribution is 0.660. The zero-order chi connectivity index (χ0) is 42.9. The van der Waals surface area contributed by atoms with E-state index in [4.69, 9.17) is 0 Å². The van der Waals surface area contributed by atoms with E-state index in [1.807, 2.05) is 0 Å². The molecule has 304 valence electrons. The molecule has 2 aliphatic carbocycles. The van der Waals surface area contributed by atoms with Crippen molar-refractivity contribution < 1.29 is 0 Å². The molecule has 0 spiro atoms. The summed E-state index contributed by atoms with van der Waals surface area (Å²) in [4.78, 5) is 7.49. The molecule has 9 aromatic carbocycles. The molecule has 9 aromatic rings. The zero-order valence-electron chi connectivity index (χ0n) is 36.5. The summed E-state index contributed by atoms with van der Waals surface area (Å²) in [6.45, 7) is 9.54. The van der Waals surface area contributed by atoms with Crippen molar-refractivity contribution in [3.05, 3.63) is 229 Å². The maximum Gasteiger partial charge on any atom is 0.252 e. The Kier molecular flexibility index (Phi) is 7.80. The van der Waals surface area contributed by atoms with Gasteiger partial charge in [-0.05, 0) is 140 Å². The smallest absolute Gasteiger partial charge is 0.252 e. The van der Waals surface area contributed by atoms with E-state index in [0.717, 1.165) is 17.1 Å². The van der Waals surface area contributed by atoms with Crippen LogP contribution in [0.1, 0.15) is 49.9 Å². The molecule has 13 rings (SSSR count). The second-order valence-corrected chi connectivity index (χ2v) is 18.9. The molecule has 0 saturated heterocycles. The molecule has 4 heteroatoms. The van der Waals surface area contributed by atoms with Crippen molar-refractivity contribution in [3.8, 4) is 22.3 Å². The van der Waals surface area contributed by atoms with Crippen LogP contribution < -0.4 is 31.1 Å². The Morgan fingerprint density at radius 2 is 0.797 bits per heavy atom. The maximum atomic E-state index is 2.57. The standard InChI is InChI=1S/C60H46BN3/c1-59(2)48-24-13-11-22-44(48)46-33-30-41(36-50(46)59)63-54-27-16-15-26-52(54)61-53-35-32-43(62(39-18-7-5-8-19-39)40-20-9-6-10-21-40)38-57(53)64(56-29-17-28-55(63)58(56)61)42-31-34-47-45-23-12-14-25-49(45)60(3,4)51(47)37-42/h5-38H,1-4H3. The van der Waals surface area contributed by atoms with Crippen LogP contribution in [0.15, 0.2) is 206 Å². The Labute approximate surface area is 376 Å². The summed E-state index contributed by atoms with van der Waals surface area (Å²) < 4.78 is 0. The zero-order valence-corrected chi connectivity index (χ0v) is 36.5. The van der Waals surface area contributed by atoms with Gasteiger partial charge in [-0.25, -0.2) is 0 Å². The molecule has 3 nitrogen and oxygen atoms in total. The molecule has 4 aliphatic rings. The summed E-state index contributed by atoms with van der Waals surface area (Å²) in [5.74, 6) is 0. The second-order valence-electron chi connectivity index (χ2n) is 18.9. The summed E-state index contributed by atoms with van der Waals surface area (Å²) in [7, 11) is 0. The highest BCUT2D eigenvalue weighted by atomic mass is 15.2. The van der Waals surface area contributed by atoms with Crippen LogP contribution >= 0.6 is 0 Å². The Balaban J connectivity index is 1.05. The summed E-state index contributed by atoms with van der Waals surface area (Å²) in [6.07, 6.45) is 0. The van der Waals surface area contributed by atoms with E-state index < -0.39 is 0 Å². The first-order valence-electron chi connectivity index (χ1n) is 22.6. The van der Waals surface area contributed by atoms with Crippen molar-refractivity contribution in [2.45, 2.75) is 38.5 Å². The van der Waals surface area contributed by atoms with Gasteiger partial charge in [0.25, 0.3) is 6.71 Å². The van der Waals surface area contributed by atoms with Crippen molar-refractivity contribution in [2.75, 3.05) is 14.7 Å². The van der Waals surface area contributed by atoms with Gasteiger partial charge in [0, 0.05) is 62.0 Å². The first kappa shape index (κ1) is 37.0. The van der Waals surface area contributed by atoms with Crippen LogP contribution in [0.3, 0.4) is 0 Å². The highest BCUT2D eigenvalue weighted by Gasteiger charge is 2.45. The van der Waals surface area contributed by atoms with Crippen molar-refractivity contribution in [2.24, 2.45) is 0 Å². The van der Waals surface area contributed by atoms with Gasteiger partial charge in [-0.2, -0.15) is 0 Å². The summed E-state index contributed by atoms with van der Waals surface area (Å²) in [5.41, 5.74) is 25.1. The predicted octanol–water partition coefficient (Wildman–Crippen LogP) is 13.9. The Morgan fingerprint density at radius 3 is 1.38 bits per heavy atom. The van der Waals surface area contributed by atoms with Gasteiger partial charge < -0.3 is 14.7 Å². The number of hydrogen-bond acceptors (Lipinski definition) is 3. The average Bonchev–Trinajstić information content (AvgIpc) is 3.71. The fourth-order valence-electron chi connectivity index (χ4n) is 11.8. The molecule has 0 unspecified atom stereocenters. The molecule has 0 aromatic heterocycles. The third kappa shape index (κ3) is 5.11. The number of hydrogen-bond donors (Lipinski definition) is 0. The SMILES string of the molecule is CC1(C)c2ccccc2-c2ccc(N3c4ccccc4B4c5ccc(N(c6ccccc6)c6ccccc6)cc5N(c5ccc6c(c5)C(C)(C)c5ccccc5-6)c5cccc3c54)cc21. The first-order chi connectivity index (χ1) is 31.3. The number of fused-ring (bicyclic) bond motifs is 10. The lowest BCUT2D eigenvalue weighted by atomic mass is 9.33. The highest BCUT2D eigenvalue weighted by Crippen LogP contribution is 2.54. The molecule has 64 heavy (non-hydrogen) atoms. The van der Waals surface area contributed by atoms with E-state index in [1.54, 1.807) is 0 Å². The van der Waals surface area contributed by atoms with Gasteiger partial charge in [-0.15, -0.1) is 0 Å². The molecule has 0 N–H and O–H groups in total. The Morgan fingerprint density at radius 1 is 0.344 bits per heavy atom. The van der Waals surface area contributed by atoms with Gasteiger partial charge in [0.05, 0.1) is 0 Å². The first-order valence-corrected chi connectivity index (χ1v) is 22.6. The molecular formula is C60H46BN3. The van der Waals surface area contributed by atoms with Gasteiger partial charge in [-0.1, -0.05) is 155 Å². The van der Waals surface area contributed by atoms with Crippen LogP contribution in [-0.4, -0.2) is 6.71 Å². The van der Waals surface area contributed by atoms with Crippen molar-refractivity contribution in [3.63, 3.8) is 0 Å². The lowest BCUT2D eigenvalue weighted by Crippen LogP contribution is -2.61. The molecule has 0 saturated carbocycles. The van der Waals surface area contributed by atoms with E-state index in [-0.39, 0.29) is 17.5 Å². The summed E-state index contributed by atoms with van der Waals surface area (Å²) >= 11 is 0. The van der Waals surface area contributed by atoms with Gasteiger partial charge in [0.1, 0.15) is 0 Å². The summed E-state index contributed by atoms with van der Waals surface area (Å²) in [5, 5.41) is 0. The van der Waals surface area contributed by atoms with Crippen LogP contribution in [-0.2, 0) is 10.8 Å². The van der Waals surface area contributed by atoms with Crippen molar-refractivity contribution >= 4 is 74.3 Å². The molecule has 2 aliphatic heterocycles. The van der Waals surface area contributed by atoms with E-state index in [2.05, 4.69) is 249 Å². The van der Waals surface area contributed by atoms with E-state index in [9.17, 15) is 0 Å². The van der Waals surface area contributed by atoms with Crippen molar-refractivity contribution in [1.82, 2.24) is 0 Å². The lowest BCUT2D eigenvalue weighted by Gasteiger charge is -2.44. The van der Waals surface area contributed by atoms with Crippen LogP contribution in [0.5, 0.6) is 0 Å². The van der Waals surface area contributed by atoms with E-state index >= 15 is 0 Å². The average molecular weight is 820 g/mol. The third-order valence-corrected chi connectivity index (χ3v) is 14.8. The van der Waals surface area contributed by atoms with Crippen LogP contribution in [0.2, 0.25) is 0 Å². The fourth-order valence-corrected chi connectivity index (χ4v) is 11.8. The third-order valence-electron chi connectivity index (χ3n) is 14.8. The molecule has 0 bridgehead atoms. The molecular weight excluding hydrogens is 773 g/mol. The highest BCUT2D eigenvalue weighted by molar-refractivity contribution is 7.00. The predicted molar refractivity (Wildman–Crippen MR) is 270 cm³/mol. The van der Waals surface area contributed by atoms with E-state index in [0.29, 0.717) is 0 Å². The second kappa shape index (κ2) is 13.5. The summed E-state index contributed by atoms with van der Waals surface area (Å²) in [6, 6.07) is 77.1. The number of rotatable bonds is 5. The Hall–Kier alpha value is -7.56. The molecule has 2 heterocycles. The quantitative estimate of drug-likeness (QED) is 0.160. The van der Waals surface area contributed by atoms with Gasteiger partial charge in [0.2, 0.25) is 0 Å². The fraction of sp³-hybridized carbons (Fsp3) is 0.100. The van der Waals surface area contributed by atoms with Gasteiger partial charge in [-0.3, -0.25) is 0 Å². The molecule has 0 radical (unpaired) electrons. The molecule has 0 atom stereocenters. The normalized spacial score (nSPS) is 15.0. The minimum Gasteiger partial charge on any atom is -0.311 e. The van der Waals surface area contributed by atoms with Crippen LogP contribution in [0, 0.1) is 0 Å². The number of benzene rings is 9. The van der Waals surface area contributed by atoms with Gasteiger partial charge in [0.15, 0.2) is 0 Å². The van der Waals surface area contributed by atoms with E-state index in [1.165, 1.54) is 95.0 Å². The monoisotopic (exact) mass is 819 g/mol. The van der Waals surface area contributed by atoms with Gasteiger partial charge >= 0.3 is 0 Å². The molecule has 0 fully saturated rings. The maximum absolute atomic E-state index is 2.57. The minimum atomic E-state index is -0.144. The van der Waals surface area contributed by atoms with Crippen LogP contribution in [0.25, 0.3) is 22.3 Å².